The van der Waals surface area contributed by atoms with Gasteiger partial charge in [0, 0.05) is 6.54 Å². The van der Waals surface area contributed by atoms with Gasteiger partial charge < -0.3 is 10.2 Å². The molecule has 0 aliphatic heterocycles. The van der Waals surface area contributed by atoms with Crippen molar-refractivity contribution in [2.75, 3.05) is 13.1 Å². The molecule has 2 N–H and O–H groups in total. The Bertz CT molecular complexity index is 308. The van der Waals surface area contributed by atoms with E-state index in [9.17, 15) is 9.59 Å². The predicted octanol–water partition coefficient (Wildman–Crippen LogP) is 0.896. The summed E-state index contributed by atoms with van der Waals surface area (Å²) < 4.78 is 0. The van der Waals surface area contributed by atoms with E-state index in [4.69, 9.17) is 16.6 Å². The van der Waals surface area contributed by atoms with Crippen LogP contribution in [0.5, 0.6) is 0 Å². The molecule has 0 aromatic rings. The zero-order valence-electron chi connectivity index (χ0n) is 10.2. The SMILES string of the molecule is C#CCN(CC(C)C(=O)O)C(CCC)C(=O)O. The van der Waals surface area contributed by atoms with Gasteiger partial charge in [-0.3, -0.25) is 14.5 Å². The standard InChI is InChI=1S/C12H19NO4/c1-4-6-10(12(16)17)13(7-5-2)8-9(3)11(14)15/h2,9-10H,4,6-8H2,1,3H3,(H,14,15)(H,16,17). The highest BCUT2D eigenvalue weighted by Gasteiger charge is 2.27. The molecular formula is C12H19NO4. The Kier molecular flexibility index (Phi) is 6.99. The van der Waals surface area contributed by atoms with E-state index in [0.29, 0.717) is 12.8 Å². The molecule has 2 atom stereocenters. The predicted molar refractivity (Wildman–Crippen MR) is 63.5 cm³/mol. The van der Waals surface area contributed by atoms with Crippen LogP contribution in [-0.4, -0.2) is 46.2 Å². The molecule has 0 rings (SSSR count). The molecule has 0 fully saturated rings. The largest absolute Gasteiger partial charge is 0.481 e. The van der Waals surface area contributed by atoms with Crippen LogP contribution in [0.1, 0.15) is 26.7 Å². The van der Waals surface area contributed by atoms with Gasteiger partial charge in [0.1, 0.15) is 6.04 Å². The van der Waals surface area contributed by atoms with Gasteiger partial charge in [0.05, 0.1) is 12.5 Å². The summed E-state index contributed by atoms with van der Waals surface area (Å²) in [5, 5.41) is 17.9. The summed E-state index contributed by atoms with van der Waals surface area (Å²) in [4.78, 5) is 23.4. The van der Waals surface area contributed by atoms with Crippen LogP contribution in [0.15, 0.2) is 0 Å². The van der Waals surface area contributed by atoms with Gasteiger partial charge in [0.15, 0.2) is 0 Å². The first kappa shape index (κ1) is 15.5. The third-order valence-electron chi connectivity index (χ3n) is 2.51. The average Bonchev–Trinajstić information content (AvgIpc) is 2.24. The summed E-state index contributed by atoms with van der Waals surface area (Å²) in [5.41, 5.74) is 0. The Morgan fingerprint density at radius 1 is 1.35 bits per heavy atom. The maximum Gasteiger partial charge on any atom is 0.320 e. The monoisotopic (exact) mass is 241 g/mol. The molecule has 0 saturated carbocycles. The first-order valence-electron chi connectivity index (χ1n) is 5.57. The maximum absolute atomic E-state index is 11.1. The van der Waals surface area contributed by atoms with Crippen molar-refractivity contribution in [1.82, 2.24) is 4.90 Å². The van der Waals surface area contributed by atoms with Crippen molar-refractivity contribution in [3.63, 3.8) is 0 Å². The molecule has 0 aromatic carbocycles. The zero-order valence-corrected chi connectivity index (χ0v) is 10.2. The summed E-state index contributed by atoms with van der Waals surface area (Å²) in [6.07, 6.45) is 6.35. The molecule has 0 aromatic heterocycles. The first-order chi connectivity index (χ1) is 7.93. The fourth-order valence-corrected chi connectivity index (χ4v) is 1.58. The Morgan fingerprint density at radius 3 is 2.29 bits per heavy atom. The Hall–Kier alpha value is -1.54. The molecule has 5 heteroatoms. The van der Waals surface area contributed by atoms with Crippen LogP contribution in [0.25, 0.3) is 0 Å². The Morgan fingerprint density at radius 2 is 1.94 bits per heavy atom. The van der Waals surface area contributed by atoms with Crippen LogP contribution in [0.4, 0.5) is 0 Å². The topological polar surface area (TPSA) is 77.8 Å². The number of terminal acetylenes is 1. The molecule has 0 heterocycles. The van der Waals surface area contributed by atoms with E-state index < -0.39 is 23.9 Å². The minimum atomic E-state index is -0.959. The quantitative estimate of drug-likeness (QED) is 0.617. The van der Waals surface area contributed by atoms with Gasteiger partial charge in [-0.25, -0.2) is 0 Å². The third-order valence-corrected chi connectivity index (χ3v) is 2.51. The van der Waals surface area contributed by atoms with Crippen molar-refractivity contribution >= 4 is 11.9 Å². The van der Waals surface area contributed by atoms with Gasteiger partial charge in [-0.15, -0.1) is 6.42 Å². The number of nitrogens with zero attached hydrogens (tertiary/aromatic N) is 1. The lowest BCUT2D eigenvalue weighted by Crippen LogP contribution is -2.44. The molecule has 5 nitrogen and oxygen atoms in total. The summed E-state index contributed by atoms with van der Waals surface area (Å²) >= 11 is 0. The minimum absolute atomic E-state index is 0.147. The Labute approximate surface area is 101 Å². The van der Waals surface area contributed by atoms with Gasteiger partial charge in [0.25, 0.3) is 0 Å². The summed E-state index contributed by atoms with van der Waals surface area (Å²) in [5.74, 6) is -0.171. The fraction of sp³-hybridized carbons (Fsp3) is 0.667. The second-order valence-electron chi connectivity index (χ2n) is 4.02. The molecule has 0 amide bonds. The normalized spacial score (nSPS) is 14.0. The number of aliphatic carboxylic acids is 2. The van der Waals surface area contributed by atoms with Crippen LogP contribution >= 0.6 is 0 Å². The average molecular weight is 241 g/mol. The van der Waals surface area contributed by atoms with Crippen LogP contribution in [0.2, 0.25) is 0 Å². The molecule has 0 spiro atoms. The fourth-order valence-electron chi connectivity index (χ4n) is 1.58. The molecule has 2 unspecified atom stereocenters. The second kappa shape index (κ2) is 7.69. The number of carboxylic acid groups (broad SMARTS) is 2. The summed E-state index contributed by atoms with van der Waals surface area (Å²) in [6.45, 7) is 3.71. The van der Waals surface area contributed by atoms with Crippen molar-refractivity contribution in [3.05, 3.63) is 0 Å². The molecule has 0 saturated heterocycles. The highest BCUT2D eigenvalue weighted by atomic mass is 16.4. The van der Waals surface area contributed by atoms with Gasteiger partial charge in [-0.1, -0.05) is 26.2 Å². The van der Waals surface area contributed by atoms with Crippen LogP contribution in [0, 0.1) is 18.3 Å². The van der Waals surface area contributed by atoms with Gasteiger partial charge in [-0.05, 0) is 6.42 Å². The lowest BCUT2D eigenvalue weighted by molar-refractivity contribution is -0.147. The molecule has 17 heavy (non-hydrogen) atoms. The van der Waals surface area contributed by atoms with Crippen molar-refractivity contribution in [2.24, 2.45) is 5.92 Å². The maximum atomic E-state index is 11.1. The van der Waals surface area contributed by atoms with Crippen LogP contribution < -0.4 is 0 Å². The van der Waals surface area contributed by atoms with Gasteiger partial charge >= 0.3 is 11.9 Å². The van der Waals surface area contributed by atoms with E-state index in [2.05, 4.69) is 5.92 Å². The number of hydrogen-bond donors (Lipinski definition) is 2. The lowest BCUT2D eigenvalue weighted by Gasteiger charge is -2.28. The molecule has 0 radical (unpaired) electrons. The van der Waals surface area contributed by atoms with E-state index in [0.717, 1.165) is 0 Å². The number of carboxylic acids is 2. The summed E-state index contributed by atoms with van der Waals surface area (Å²) in [6, 6.07) is -0.710. The zero-order chi connectivity index (χ0) is 13.4. The number of carbonyl (C=O) groups is 2. The van der Waals surface area contributed by atoms with E-state index in [-0.39, 0.29) is 13.1 Å². The highest BCUT2D eigenvalue weighted by Crippen LogP contribution is 2.10. The molecule has 96 valence electrons. The first-order valence-corrected chi connectivity index (χ1v) is 5.57. The van der Waals surface area contributed by atoms with E-state index >= 15 is 0 Å². The molecular weight excluding hydrogens is 222 g/mol. The van der Waals surface area contributed by atoms with E-state index in [1.807, 2.05) is 6.92 Å². The van der Waals surface area contributed by atoms with Crippen molar-refractivity contribution < 1.29 is 19.8 Å². The van der Waals surface area contributed by atoms with Gasteiger partial charge in [0.2, 0.25) is 0 Å². The van der Waals surface area contributed by atoms with Crippen molar-refractivity contribution in [3.8, 4) is 12.3 Å². The van der Waals surface area contributed by atoms with Crippen molar-refractivity contribution in [2.45, 2.75) is 32.7 Å². The van der Waals surface area contributed by atoms with Gasteiger partial charge in [-0.2, -0.15) is 0 Å². The smallest absolute Gasteiger partial charge is 0.320 e. The lowest BCUT2D eigenvalue weighted by atomic mass is 10.1. The summed E-state index contributed by atoms with van der Waals surface area (Å²) in [7, 11) is 0. The van der Waals surface area contributed by atoms with Crippen molar-refractivity contribution in [1.29, 1.82) is 0 Å². The second-order valence-corrected chi connectivity index (χ2v) is 4.02. The number of rotatable bonds is 8. The van der Waals surface area contributed by atoms with E-state index in [1.54, 1.807) is 0 Å². The van der Waals surface area contributed by atoms with Crippen LogP contribution in [0.3, 0.4) is 0 Å². The molecule has 0 bridgehead atoms. The molecule has 0 aliphatic carbocycles. The molecule has 0 aliphatic rings. The number of hydrogen-bond acceptors (Lipinski definition) is 3. The van der Waals surface area contributed by atoms with Crippen LogP contribution in [-0.2, 0) is 9.59 Å². The Balaban J connectivity index is 4.73. The minimum Gasteiger partial charge on any atom is -0.481 e. The third kappa shape index (κ3) is 5.36. The van der Waals surface area contributed by atoms with E-state index in [1.165, 1.54) is 11.8 Å². The highest BCUT2D eigenvalue weighted by molar-refractivity contribution is 5.74.